The Bertz CT molecular complexity index is 1110. The fraction of sp³-hybridized carbons (Fsp3) is 0.357. The SMILES string of the molecule is CCN(CCNC(=O)C1CCN(C(=O)c2cccc3ccccc23)CC1)c1ccccc1C. The van der Waals surface area contributed by atoms with Crippen molar-refractivity contribution in [2.75, 3.05) is 37.6 Å². The molecule has 0 unspecified atom stereocenters. The minimum Gasteiger partial charge on any atom is -0.370 e. The van der Waals surface area contributed by atoms with E-state index < -0.39 is 0 Å². The Balaban J connectivity index is 1.28. The van der Waals surface area contributed by atoms with Crippen LogP contribution in [0.25, 0.3) is 10.8 Å². The first kappa shape index (κ1) is 22.8. The molecule has 0 bridgehead atoms. The van der Waals surface area contributed by atoms with Crippen molar-refractivity contribution in [1.29, 1.82) is 0 Å². The third kappa shape index (κ3) is 5.19. The van der Waals surface area contributed by atoms with E-state index in [4.69, 9.17) is 0 Å². The van der Waals surface area contributed by atoms with E-state index in [-0.39, 0.29) is 17.7 Å². The maximum Gasteiger partial charge on any atom is 0.254 e. The summed E-state index contributed by atoms with van der Waals surface area (Å²) in [5, 5.41) is 5.18. The summed E-state index contributed by atoms with van der Waals surface area (Å²) in [6, 6.07) is 22.2. The number of likely N-dealkylation sites (tertiary alicyclic amines) is 1. The van der Waals surface area contributed by atoms with Gasteiger partial charge in [0, 0.05) is 49.9 Å². The molecule has 3 aromatic carbocycles. The molecule has 0 atom stereocenters. The highest BCUT2D eigenvalue weighted by Crippen LogP contribution is 2.24. The summed E-state index contributed by atoms with van der Waals surface area (Å²) in [6.07, 6.45) is 1.41. The Labute approximate surface area is 196 Å². The van der Waals surface area contributed by atoms with Gasteiger partial charge in [-0.15, -0.1) is 0 Å². The molecule has 0 spiro atoms. The lowest BCUT2D eigenvalue weighted by molar-refractivity contribution is -0.126. The van der Waals surface area contributed by atoms with E-state index in [0.717, 1.165) is 29.4 Å². The Kier molecular flexibility index (Phi) is 7.28. The summed E-state index contributed by atoms with van der Waals surface area (Å²) >= 11 is 0. The lowest BCUT2D eigenvalue weighted by Crippen LogP contribution is -2.44. The van der Waals surface area contributed by atoms with Gasteiger partial charge in [-0.2, -0.15) is 0 Å². The van der Waals surface area contributed by atoms with E-state index in [1.54, 1.807) is 0 Å². The summed E-state index contributed by atoms with van der Waals surface area (Å²) in [7, 11) is 0. The number of amides is 2. The van der Waals surface area contributed by atoms with Gasteiger partial charge in [0.1, 0.15) is 0 Å². The molecule has 172 valence electrons. The smallest absolute Gasteiger partial charge is 0.254 e. The zero-order chi connectivity index (χ0) is 23.2. The van der Waals surface area contributed by atoms with E-state index in [9.17, 15) is 9.59 Å². The van der Waals surface area contributed by atoms with Gasteiger partial charge in [0.05, 0.1) is 0 Å². The summed E-state index contributed by atoms with van der Waals surface area (Å²) in [4.78, 5) is 30.1. The number of carbonyl (C=O) groups is 2. The van der Waals surface area contributed by atoms with Crippen LogP contribution in [-0.4, -0.2) is 49.4 Å². The highest BCUT2D eigenvalue weighted by atomic mass is 16.2. The standard InChI is InChI=1S/C28H33N3O2/c1-3-30(26-14-7-4-9-21(26)2)20-17-29-27(32)23-15-18-31(19-16-23)28(33)25-13-8-11-22-10-5-6-12-24(22)25/h4-14,23H,3,15-20H2,1-2H3,(H,29,32). The minimum atomic E-state index is -0.0323. The van der Waals surface area contributed by atoms with Gasteiger partial charge in [-0.05, 0) is 55.2 Å². The van der Waals surface area contributed by atoms with Crippen LogP contribution in [0.3, 0.4) is 0 Å². The van der Waals surface area contributed by atoms with E-state index in [2.05, 4.69) is 42.3 Å². The number of fused-ring (bicyclic) bond motifs is 1. The molecule has 5 nitrogen and oxygen atoms in total. The molecular weight excluding hydrogens is 410 g/mol. The van der Waals surface area contributed by atoms with Gasteiger partial charge in [0.15, 0.2) is 0 Å². The fourth-order valence-corrected chi connectivity index (χ4v) is 4.75. The highest BCUT2D eigenvalue weighted by Gasteiger charge is 2.28. The van der Waals surface area contributed by atoms with Gasteiger partial charge in [-0.25, -0.2) is 0 Å². The molecule has 1 aliphatic rings. The van der Waals surface area contributed by atoms with Crippen LogP contribution in [0, 0.1) is 12.8 Å². The second-order valence-electron chi connectivity index (χ2n) is 8.75. The van der Waals surface area contributed by atoms with Gasteiger partial charge >= 0.3 is 0 Å². The quantitative estimate of drug-likeness (QED) is 0.579. The van der Waals surface area contributed by atoms with Crippen molar-refractivity contribution in [3.63, 3.8) is 0 Å². The fourth-order valence-electron chi connectivity index (χ4n) is 4.75. The number of rotatable bonds is 7. The van der Waals surface area contributed by atoms with Crippen molar-refractivity contribution in [3.05, 3.63) is 77.9 Å². The molecule has 1 N–H and O–H groups in total. The number of likely N-dealkylation sites (N-methyl/N-ethyl adjacent to an activating group) is 1. The molecule has 0 radical (unpaired) electrons. The average molecular weight is 444 g/mol. The van der Waals surface area contributed by atoms with E-state index >= 15 is 0 Å². The van der Waals surface area contributed by atoms with E-state index in [0.29, 0.717) is 32.5 Å². The normalized spacial score (nSPS) is 14.3. The average Bonchev–Trinajstić information content (AvgIpc) is 2.86. The van der Waals surface area contributed by atoms with Gasteiger partial charge < -0.3 is 15.1 Å². The largest absolute Gasteiger partial charge is 0.370 e. The number of nitrogens with zero attached hydrogens (tertiary/aromatic N) is 2. The second-order valence-corrected chi connectivity index (χ2v) is 8.75. The summed E-state index contributed by atoms with van der Waals surface area (Å²) in [6.45, 7) is 7.78. The molecular formula is C28H33N3O2. The maximum absolute atomic E-state index is 13.2. The third-order valence-electron chi connectivity index (χ3n) is 6.69. The van der Waals surface area contributed by atoms with Gasteiger partial charge in [0.25, 0.3) is 5.91 Å². The zero-order valence-corrected chi connectivity index (χ0v) is 19.6. The first-order chi connectivity index (χ1) is 16.1. The molecule has 0 aliphatic carbocycles. The topological polar surface area (TPSA) is 52.7 Å². The van der Waals surface area contributed by atoms with Crippen LogP contribution in [0.5, 0.6) is 0 Å². The number of piperidine rings is 1. The van der Waals surface area contributed by atoms with Crippen molar-refractivity contribution in [3.8, 4) is 0 Å². The lowest BCUT2D eigenvalue weighted by Gasteiger charge is -2.32. The maximum atomic E-state index is 13.2. The Morgan fingerprint density at radius 2 is 1.67 bits per heavy atom. The lowest BCUT2D eigenvalue weighted by atomic mass is 9.95. The van der Waals surface area contributed by atoms with Crippen LogP contribution in [0.15, 0.2) is 66.7 Å². The number of hydrogen-bond donors (Lipinski definition) is 1. The molecule has 2 amide bonds. The number of hydrogen-bond acceptors (Lipinski definition) is 3. The zero-order valence-electron chi connectivity index (χ0n) is 19.6. The summed E-state index contributed by atoms with van der Waals surface area (Å²) in [5.74, 6) is 0.130. The van der Waals surface area contributed by atoms with Crippen LogP contribution < -0.4 is 10.2 Å². The van der Waals surface area contributed by atoms with Gasteiger partial charge in [-0.3, -0.25) is 9.59 Å². The Morgan fingerprint density at radius 3 is 2.42 bits per heavy atom. The summed E-state index contributed by atoms with van der Waals surface area (Å²) in [5.41, 5.74) is 3.20. The third-order valence-corrected chi connectivity index (χ3v) is 6.69. The van der Waals surface area contributed by atoms with Gasteiger partial charge in [0.2, 0.25) is 5.91 Å². The van der Waals surface area contributed by atoms with Crippen LogP contribution >= 0.6 is 0 Å². The van der Waals surface area contributed by atoms with Gasteiger partial charge in [-0.1, -0.05) is 54.6 Å². The van der Waals surface area contributed by atoms with Crippen molar-refractivity contribution in [2.45, 2.75) is 26.7 Å². The number of nitrogens with one attached hydrogen (secondary N) is 1. The van der Waals surface area contributed by atoms with Crippen molar-refractivity contribution in [1.82, 2.24) is 10.2 Å². The molecule has 1 fully saturated rings. The van der Waals surface area contributed by atoms with Crippen LogP contribution in [-0.2, 0) is 4.79 Å². The molecule has 0 aromatic heterocycles. The molecule has 1 saturated heterocycles. The predicted molar refractivity (Wildman–Crippen MR) is 135 cm³/mol. The monoisotopic (exact) mass is 443 g/mol. The number of benzene rings is 3. The van der Waals surface area contributed by atoms with Crippen molar-refractivity contribution >= 4 is 28.3 Å². The molecule has 3 aromatic rings. The first-order valence-corrected chi connectivity index (χ1v) is 11.9. The predicted octanol–water partition coefficient (Wildman–Crippen LogP) is 4.64. The molecule has 33 heavy (non-hydrogen) atoms. The van der Waals surface area contributed by atoms with Crippen LogP contribution in [0.1, 0.15) is 35.7 Å². The Hall–Kier alpha value is -3.34. The van der Waals surface area contributed by atoms with Crippen LogP contribution in [0.4, 0.5) is 5.69 Å². The number of anilines is 1. The molecule has 0 saturated carbocycles. The number of carbonyl (C=O) groups excluding carboxylic acids is 2. The molecule has 1 aliphatic heterocycles. The molecule has 1 heterocycles. The molecule has 5 heteroatoms. The second kappa shape index (κ2) is 10.5. The highest BCUT2D eigenvalue weighted by molar-refractivity contribution is 6.07. The van der Waals surface area contributed by atoms with E-state index in [1.807, 2.05) is 53.4 Å². The van der Waals surface area contributed by atoms with E-state index in [1.165, 1.54) is 11.3 Å². The number of para-hydroxylation sites is 1. The first-order valence-electron chi connectivity index (χ1n) is 11.9. The Morgan fingerprint density at radius 1 is 0.970 bits per heavy atom. The van der Waals surface area contributed by atoms with Crippen molar-refractivity contribution in [2.24, 2.45) is 5.92 Å². The number of aryl methyl sites for hydroxylation is 1. The summed E-state index contributed by atoms with van der Waals surface area (Å²) < 4.78 is 0. The van der Waals surface area contributed by atoms with Crippen molar-refractivity contribution < 1.29 is 9.59 Å². The van der Waals surface area contributed by atoms with Crippen LogP contribution in [0.2, 0.25) is 0 Å². The minimum absolute atomic E-state index is 0.0323. The molecule has 4 rings (SSSR count).